The second-order valence-electron chi connectivity index (χ2n) is 6.23. The number of para-hydroxylation sites is 2. The minimum absolute atomic E-state index is 0.0756. The number of carbonyl (C=O) groups is 1. The van der Waals surface area contributed by atoms with E-state index in [1.165, 1.54) is 6.07 Å². The highest BCUT2D eigenvalue weighted by Gasteiger charge is 2.15. The normalized spacial score (nSPS) is 11.0. The number of rotatable bonds is 11. The molecular weight excluding hydrogens is 344 g/mol. The Bertz CT molecular complexity index is 572. The molecule has 0 aliphatic heterocycles. The van der Waals surface area contributed by atoms with Crippen LogP contribution in [0.5, 0.6) is 5.75 Å². The molecule has 0 saturated carbocycles. The standard InChI is InChI=1S/C17H26N2O7/c1-17(2,3)26-16(20)18-8-9-23-10-11-24-12-13-25-15-7-5-4-6-14(15)19(21)22/h4-7H,8-13H2,1-3H3,(H,18,20). The molecule has 0 radical (unpaired) electrons. The minimum atomic E-state index is -0.527. The third-order valence-corrected chi connectivity index (χ3v) is 2.83. The van der Waals surface area contributed by atoms with E-state index in [0.29, 0.717) is 26.4 Å². The van der Waals surface area contributed by atoms with Crippen LogP contribution in [-0.4, -0.2) is 56.2 Å². The van der Waals surface area contributed by atoms with Crippen LogP contribution in [0.15, 0.2) is 24.3 Å². The van der Waals surface area contributed by atoms with Crippen molar-refractivity contribution in [2.24, 2.45) is 0 Å². The summed E-state index contributed by atoms with van der Waals surface area (Å²) in [7, 11) is 0. The highest BCUT2D eigenvalue weighted by atomic mass is 16.6. The smallest absolute Gasteiger partial charge is 0.407 e. The molecule has 0 bridgehead atoms. The van der Waals surface area contributed by atoms with Gasteiger partial charge in [-0.25, -0.2) is 4.79 Å². The van der Waals surface area contributed by atoms with Gasteiger partial charge in [0, 0.05) is 12.6 Å². The maximum absolute atomic E-state index is 11.4. The number of benzene rings is 1. The van der Waals surface area contributed by atoms with Crippen molar-refractivity contribution in [3.63, 3.8) is 0 Å². The molecule has 0 aliphatic rings. The van der Waals surface area contributed by atoms with Gasteiger partial charge < -0.3 is 24.3 Å². The summed E-state index contributed by atoms with van der Waals surface area (Å²) >= 11 is 0. The van der Waals surface area contributed by atoms with E-state index in [1.807, 2.05) is 0 Å². The van der Waals surface area contributed by atoms with E-state index in [4.69, 9.17) is 18.9 Å². The summed E-state index contributed by atoms with van der Waals surface area (Å²) in [5, 5.41) is 13.4. The van der Waals surface area contributed by atoms with Crippen molar-refractivity contribution < 1.29 is 28.7 Å². The number of nitrogens with one attached hydrogen (secondary N) is 1. The molecule has 1 rings (SSSR count). The minimum Gasteiger partial charge on any atom is -0.484 e. The van der Waals surface area contributed by atoms with E-state index in [0.717, 1.165) is 0 Å². The lowest BCUT2D eigenvalue weighted by Crippen LogP contribution is -2.34. The predicted octanol–water partition coefficient (Wildman–Crippen LogP) is 2.53. The summed E-state index contributed by atoms with van der Waals surface area (Å²) in [5.74, 6) is 0.213. The van der Waals surface area contributed by atoms with Crippen molar-refractivity contribution in [2.75, 3.05) is 39.6 Å². The molecule has 0 atom stereocenters. The monoisotopic (exact) mass is 370 g/mol. The van der Waals surface area contributed by atoms with Gasteiger partial charge in [-0.3, -0.25) is 10.1 Å². The average molecular weight is 370 g/mol. The fraction of sp³-hybridized carbons (Fsp3) is 0.588. The zero-order chi connectivity index (χ0) is 19.4. The van der Waals surface area contributed by atoms with E-state index in [1.54, 1.807) is 39.0 Å². The first-order chi connectivity index (χ1) is 12.3. The lowest BCUT2D eigenvalue weighted by atomic mass is 10.2. The molecule has 146 valence electrons. The van der Waals surface area contributed by atoms with Gasteiger partial charge in [0.25, 0.3) is 0 Å². The van der Waals surface area contributed by atoms with Gasteiger partial charge in [0.2, 0.25) is 0 Å². The fourth-order valence-corrected chi connectivity index (χ4v) is 1.80. The molecule has 1 aromatic rings. The highest BCUT2D eigenvalue weighted by molar-refractivity contribution is 5.67. The van der Waals surface area contributed by atoms with Crippen molar-refractivity contribution in [1.29, 1.82) is 0 Å². The SMILES string of the molecule is CC(C)(C)OC(=O)NCCOCCOCCOc1ccccc1[N+](=O)[O-]. The number of nitro benzene ring substituents is 1. The summed E-state index contributed by atoms with van der Waals surface area (Å²) in [6.45, 7) is 7.26. The van der Waals surface area contributed by atoms with Crippen molar-refractivity contribution >= 4 is 11.8 Å². The number of alkyl carbamates (subject to hydrolysis) is 1. The molecule has 0 fully saturated rings. The summed E-state index contributed by atoms with van der Waals surface area (Å²) in [6, 6.07) is 6.17. The molecule has 9 heteroatoms. The number of ether oxygens (including phenoxy) is 4. The summed E-state index contributed by atoms with van der Waals surface area (Å²) < 4.78 is 21.0. The van der Waals surface area contributed by atoms with E-state index >= 15 is 0 Å². The van der Waals surface area contributed by atoms with Gasteiger partial charge in [-0.1, -0.05) is 12.1 Å². The maximum atomic E-state index is 11.4. The third-order valence-electron chi connectivity index (χ3n) is 2.83. The van der Waals surface area contributed by atoms with E-state index < -0.39 is 16.6 Å². The van der Waals surface area contributed by atoms with Crippen LogP contribution >= 0.6 is 0 Å². The first-order valence-corrected chi connectivity index (χ1v) is 8.28. The summed E-state index contributed by atoms with van der Waals surface area (Å²) in [4.78, 5) is 21.7. The molecule has 26 heavy (non-hydrogen) atoms. The number of nitrogens with zero attached hydrogens (tertiary/aromatic N) is 1. The van der Waals surface area contributed by atoms with Crippen LogP contribution in [0.25, 0.3) is 0 Å². The molecule has 1 aromatic carbocycles. The summed E-state index contributed by atoms with van der Waals surface area (Å²) in [6.07, 6.45) is -0.482. The molecule has 0 unspecified atom stereocenters. The van der Waals surface area contributed by atoms with Gasteiger partial charge in [-0.2, -0.15) is 0 Å². The van der Waals surface area contributed by atoms with Gasteiger partial charge >= 0.3 is 11.8 Å². The average Bonchev–Trinajstić information content (AvgIpc) is 2.55. The van der Waals surface area contributed by atoms with Crippen LogP contribution in [0, 0.1) is 10.1 Å². The van der Waals surface area contributed by atoms with Crippen LogP contribution < -0.4 is 10.1 Å². The largest absolute Gasteiger partial charge is 0.484 e. The molecule has 0 heterocycles. The topological polar surface area (TPSA) is 109 Å². The van der Waals surface area contributed by atoms with Gasteiger partial charge in [-0.05, 0) is 26.8 Å². The number of carbonyl (C=O) groups excluding carboxylic acids is 1. The molecule has 0 aromatic heterocycles. The quantitative estimate of drug-likeness (QED) is 0.362. The molecule has 9 nitrogen and oxygen atoms in total. The van der Waals surface area contributed by atoms with Gasteiger partial charge in [-0.15, -0.1) is 0 Å². The number of nitro groups is 1. The molecule has 0 aliphatic carbocycles. The Morgan fingerprint density at radius 2 is 1.69 bits per heavy atom. The van der Waals surface area contributed by atoms with Gasteiger partial charge in [0.15, 0.2) is 5.75 Å². The molecule has 0 saturated heterocycles. The van der Waals surface area contributed by atoms with Crippen molar-refractivity contribution in [3.8, 4) is 5.75 Å². The zero-order valence-corrected chi connectivity index (χ0v) is 15.4. The molecule has 1 amide bonds. The number of hydrogen-bond acceptors (Lipinski definition) is 7. The Labute approximate surface area is 152 Å². The fourth-order valence-electron chi connectivity index (χ4n) is 1.80. The second kappa shape index (κ2) is 11.3. The molecule has 0 spiro atoms. The Kier molecular flexibility index (Phi) is 9.38. The van der Waals surface area contributed by atoms with Crippen LogP contribution in [0.1, 0.15) is 20.8 Å². The van der Waals surface area contributed by atoms with Crippen molar-refractivity contribution in [1.82, 2.24) is 5.32 Å². The first-order valence-electron chi connectivity index (χ1n) is 8.28. The Morgan fingerprint density at radius 1 is 1.08 bits per heavy atom. The Balaban J connectivity index is 2.00. The van der Waals surface area contributed by atoms with E-state index in [9.17, 15) is 14.9 Å². The van der Waals surface area contributed by atoms with Crippen LogP contribution in [0.3, 0.4) is 0 Å². The number of amides is 1. The molecular formula is C17H26N2O7. The van der Waals surface area contributed by atoms with E-state index in [2.05, 4.69) is 5.32 Å². The van der Waals surface area contributed by atoms with Gasteiger partial charge in [0.05, 0.1) is 31.4 Å². The first kappa shape index (κ1) is 21.7. The van der Waals surface area contributed by atoms with Gasteiger partial charge in [0.1, 0.15) is 12.2 Å². The van der Waals surface area contributed by atoms with Crippen molar-refractivity contribution in [3.05, 3.63) is 34.4 Å². The molecule has 1 N–H and O–H groups in total. The van der Waals surface area contributed by atoms with E-state index in [-0.39, 0.29) is 24.7 Å². The summed E-state index contributed by atoms with van der Waals surface area (Å²) in [5.41, 5.74) is -0.602. The number of hydrogen-bond donors (Lipinski definition) is 1. The Morgan fingerprint density at radius 3 is 2.35 bits per heavy atom. The van der Waals surface area contributed by atoms with Crippen LogP contribution in [0.2, 0.25) is 0 Å². The predicted molar refractivity (Wildman–Crippen MR) is 94.5 cm³/mol. The van der Waals surface area contributed by atoms with Crippen LogP contribution in [-0.2, 0) is 14.2 Å². The third kappa shape index (κ3) is 9.80. The lowest BCUT2D eigenvalue weighted by Gasteiger charge is -2.19. The highest BCUT2D eigenvalue weighted by Crippen LogP contribution is 2.25. The van der Waals surface area contributed by atoms with Crippen LogP contribution in [0.4, 0.5) is 10.5 Å². The lowest BCUT2D eigenvalue weighted by molar-refractivity contribution is -0.385. The van der Waals surface area contributed by atoms with Crippen molar-refractivity contribution in [2.45, 2.75) is 26.4 Å². The maximum Gasteiger partial charge on any atom is 0.407 e. The Hall–Kier alpha value is -2.39. The second-order valence-corrected chi connectivity index (χ2v) is 6.23. The zero-order valence-electron chi connectivity index (χ0n) is 15.4.